The SMILES string of the molecule is CC1(C)Cc2c(sc3nc(N4CCN(C(=O)C5CC5)CC4)n(-c4ccccc4)c(=O)c23)CO1. The minimum atomic E-state index is -0.298. The number of carbonyl (C=O) groups excluding carboxylic acids is 1. The molecule has 0 atom stereocenters. The third-order valence-electron chi connectivity index (χ3n) is 6.90. The van der Waals surface area contributed by atoms with E-state index in [1.807, 2.05) is 35.2 Å². The van der Waals surface area contributed by atoms with Gasteiger partial charge in [0.05, 0.1) is 23.3 Å². The van der Waals surface area contributed by atoms with Gasteiger partial charge in [0.15, 0.2) is 0 Å². The summed E-state index contributed by atoms with van der Waals surface area (Å²) in [4.78, 5) is 37.6. The molecular weight excluding hydrogens is 436 g/mol. The predicted octanol–water partition coefficient (Wildman–Crippen LogP) is 3.36. The fourth-order valence-corrected chi connectivity index (χ4v) is 6.01. The molecule has 1 saturated heterocycles. The topological polar surface area (TPSA) is 67.7 Å². The van der Waals surface area contributed by atoms with Crippen LogP contribution in [0.15, 0.2) is 35.1 Å². The Morgan fingerprint density at radius 2 is 1.85 bits per heavy atom. The average molecular weight is 465 g/mol. The monoisotopic (exact) mass is 464 g/mol. The van der Waals surface area contributed by atoms with Crippen molar-refractivity contribution in [1.82, 2.24) is 14.5 Å². The molecule has 7 nitrogen and oxygen atoms in total. The predicted molar refractivity (Wildman–Crippen MR) is 129 cm³/mol. The van der Waals surface area contributed by atoms with Gasteiger partial charge in [-0.1, -0.05) is 18.2 Å². The summed E-state index contributed by atoms with van der Waals surface area (Å²) < 4.78 is 7.77. The van der Waals surface area contributed by atoms with Gasteiger partial charge in [-0.2, -0.15) is 0 Å². The number of hydrogen-bond donors (Lipinski definition) is 0. The number of fused-ring (bicyclic) bond motifs is 3. The van der Waals surface area contributed by atoms with Crippen molar-refractivity contribution in [3.8, 4) is 5.69 Å². The van der Waals surface area contributed by atoms with Crippen molar-refractivity contribution in [2.75, 3.05) is 31.1 Å². The van der Waals surface area contributed by atoms with Gasteiger partial charge in [-0.25, -0.2) is 9.55 Å². The van der Waals surface area contributed by atoms with E-state index < -0.39 is 0 Å². The van der Waals surface area contributed by atoms with Gasteiger partial charge in [0.1, 0.15) is 4.83 Å². The molecule has 0 bridgehead atoms. The van der Waals surface area contributed by atoms with Gasteiger partial charge in [-0.05, 0) is 44.4 Å². The number of anilines is 1. The molecule has 172 valence electrons. The van der Waals surface area contributed by atoms with Crippen LogP contribution < -0.4 is 10.5 Å². The Morgan fingerprint density at radius 1 is 1.12 bits per heavy atom. The second-order valence-electron chi connectivity index (χ2n) is 9.88. The first-order chi connectivity index (χ1) is 15.9. The van der Waals surface area contributed by atoms with Crippen molar-refractivity contribution in [1.29, 1.82) is 0 Å². The Labute approximate surface area is 196 Å². The molecular formula is C25H28N4O3S. The fourth-order valence-electron chi connectivity index (χ4n) is 4.92. The van der Waals surface area contributed by atoms with Crippen LogP contribution in [0.3, 0.4) is 0 Å². The van der Waals surface area contributed by atoms with Gasteiger partial charge in [0.2, 0.25) is 11.9 Å². The largest absolute Gasteiger partial charge is 0.370 e. The molecule has 2 aliphatic heterocycles. The summed E-state index contributed by atoms with van der Waals surface area (Å²) in [5.74, 6) is 1.18. The molecule has 0 unspecified atom stereocenters. The lowest BCUT2D eigenvalue weighted by molar-refractivity contribution is -0.132. The maximum Gasteiger partial charge on any atom is 0.268 e. The maximum absolute atomic E-state index is 14.0. The van der Waals surface area contributed by atoms with Crippen LogP contribution >= 0.6 is 11.3 Å². The van der Waals surface area contributed by atoms with Crippen LogP contribution in [0.25, 0.3) is 15.9 Å². The van der Waals surface area contributed by atoms with Crippen molar-refractivity contribution < 1.29 is 9.53 Å². The van der Waals surface area contributed by atoms with Crippen LogP contribution in [0.1, 0.15) is 37.1 Å². The Hall–Kier alpha value is -2.71. The minimum absolute atomic E-state index is 0.0205. The summed E-state index contributed by atoms with van der Waals surface area (Å²) >= 11 is 1.57. The normalized spacial score (nSPS) is 20.2. The number of ether oxygens (including phenoxy) is 1. The highest BCUT2D eigenvalue weighted by atomic mass is 32.1. The number of aromatic nitrogens is 2. The summed E-state index contributed by atoms with van der Waals surface area (Å²) in [5.41, 5.74) is 1.58. The van der Waals surface area contributed by atoms with E-state index in [-0.39, 0.29) is 23.0 Å². The standard InChI is InChI=1S/C25H28N4O3S/c1-25(2)14-18-19(15-32-25)33-21-20(18)23(31)29(17-6-4-3-5-7-17)24(26-21)28-12-10-27(11-13-28)22(30)16-8-9-16/h3-7,16H,8-15H2,1-2H3. The van der Waals surface area contributed by atoms with E-state index in [4.69, 9.17) is 9.72 Å². The Morgan fingerprint density at radius 3 is 2.55 bits per heavy atom. The van der Waals surface area contributed by atoms with Crippen LogP contribution in [0.2, 0.25) is 0 Å². The molecule has 2 aromatic heterocycles. The molecule has 1 aromatic carbocycles. The summed E-state index contributed by atoms with van der Waals surface area (Å²) in [5, 5.41) is 0.724. The summed E-state index contributed by atoms with van der Waals surface area (Å²) in [6.07, 6.45) is 2.75. The molecule has 8 heteroatoms. The molecule has 2 fully saturated rings. The lowest BCUT2D eigenvalue weighted by atomic mass is 9.94. The van der Waals surface area contributed by atoms with E-state index in [9.17, 15) is 9.59 Å². The Balaban J connectivity index is 1.45. The van der Waals surface area contributed by atoms with Gasteiger partial charge in [0.25, 0.3) is 5.56 Å². The minimum Gasteiger partial charge on any atom is -0.370 e. The van der Waals surface area contributed by atoms with Crippen molar-refractivity contribution in [3.63, 3.8) is 0 Å². The van der Waals surface area contributed by atoms with Crippen molar-refractivity contribution in [3.05, 3.63) is 51.1 Å². The summed E-state index contributed by atoms with van der Waals surface area (Å²) in [7, 11) is 0. The summed E-state index contributed by atoms with van der Waals surface area (Å²) in [6.45, 7) is 7.33. The van der Waals surface area contributed by atoms with Crippen LogP contribution in [-0.4, -0.2) is 52.1 Å². The highest BCUT2D eigenvalue weighted by molar-refractivity contribution is 7.18. The number of benzene rings is 1. The number of piperazine rings is 1. The Bertz CT molecular complexity index is 1280. The van der Waals surface area contributed by atoms with Crippen LogP contribution in [-0.2, 0) is 22.6 Å². The van der Waals surface area contributed by atoms with Crippen LogP contribution in [0.4, 0.5) is 5.95 Å². The molecule has 0 spiro atoms. The van der Waals surface area contributed by atoms with Gasteiger partial charge in [0, 0.05) is 43.4 Å². The molecule has 0 radical (unpaired) electrons. The maximum atomic E-state index is 14.0. The van der Waals surface area contributed by atoms with Crippen molar-refractivity contribution in [2.24, 2.45) is 5.92 Å². The van der Waals surface area contributed by atoms with E-state index in [0.29, 0.717) is 45.2 Å². The first kappa shape index (κ1) is 20.9. The zero-order chi connectivity index (χ0) is 22.7. The highest BCUT2D eigenvalue weighted by Crippen LogP contribution is 2.38. The number of hydrogen-bond acceptors (Lipinski definition) is 6. The number of thiophene rings is 1. The van der Waals surface area contributed by atoms with E-state index in [1.165, 1.54) is 0 Å². The van der Waals surface area contributed by atoms with Crippen LogP contribution in [0.5, 0.6) is 0 Å². The van der Waals surface area contributed by atoms with E-state index in [1.54, 1.807) is 15.9 Å². The zero-order valence-corrected chi connectivity index (χ0v) is 19.9. The molecule has 0 N–H and O–H groups in total. The Kier molecular flexibility index (Phi) is 4.85. The molecule has 3 aromatic rings. The third-order valence-corrected chi connectivity index (χ3v) is 8.00. The molecule has 1 saturated carbocycles. The van der Waals surface area contributed by atoms with Gasteiger partial charge in [-0.3, -0.25) is 9.59 Å². The van der Waals surface area contributed by atoms with Gasteiger partial charge < -0.3 is 14.5 Å². The molecule has 6 rings (SSSR count). The van der Waals surface area contributed by atoms with Crippen LogP contribution in [0, 0.1) is 5.92 Å². The fraction of sp³-hybridized carbons (Fsp3) is 0.480. The summed E-state index contributed by atoms with van der Waals surface area (Å²) in [6, 6.07) is 9.76. The number of para-hydroxylation sites is 1. The molecule has 1 amide bonds. The van der Waals surface area contributed by atoms with E-state index >= 15 is 0 Å². The molecule has 33 heavy (non-hydrogen) atoms. The average Bonchev–Trinajstić information content (AvgIpc) is 3.60. The zero-order valence-electron chi connectivity index (χ0n) is 19.0. The smallest absolute Gasteiger partial charge is 0.268 e. The first-order valence-electron chi connectivity index (χ1n) is 11.7. The molecule has 4 heterocycles. The quantitative estimate of drug-likeness (QED) is 0.595. The number of rotatable bonds is 3. The second kappa shape index (κ2) is 7.67. The van der Waals surface area contributed by atoms with Gasteiger partial charge >= 0.3 is 0 Å². The number of carbonyl (C=O) groups is 1. The first-order valence-corrected chi connectivity index (χ1v) is 12.5. The van der Waals surface area contributed by atoms with E-state index in [2.05, 4.69) is 18.7 Å². The third kappa shape index (κ3) is 3.65. The van der Waals surface area contributed by atoms with Crippen molar-refractivity contribution >= 4 is 33.4 Å². The number of amides is 1. The molecule has 1 aliphatic carbocycles. The van der Waals surface area contributed by atoms with Crippen molar-refractivity contribution in [2.45, 2.75) is 45.3 Å². The van der Waals surface area contributed by atoms with Gasteiger partial charge in [-0.15, -0.1) is 11.3 Å². The van der Waals surface area contributed by atoms with E-state index in [0.717, 1.165) is 39.2 Å². The lowest BCUT2D eigenvalue weighted by Gasteiger charge is -2.36. The second-order valence-corrected chi connectivity index (χ2v) is 11.0. The highest BCUT2D eigenvalue weighted by Gasteiger charge is 2.36. The number of nitrogens with zero attached hydrogens (tertiary/aromatic N) is 4. The lowest BCUT2D eigenvalue weighted by Crippen LogP contribution is -2.50. The molecule has 3 aliphatic rings.